The third-order valence-corrected chi connectivity index (χ3v) is 5.67. The Morgan fingerprint density at radius 1 is 1.27 bits per heavy atom. The van der Waals surface area contributed by atoms with Crippen molar-refractivity contribution in [2.75, 3.05) is 26.2 Å². The monoisotopic (exact) mass is 355 g/mol. The van der Waals surface area contributed by atoms with Gasteiger partial charge < -0.3 is 20.0 Å². The number of piperidine rings is 2. The summed E-state index contributed by atoms with van der Waals surface area (Å²) < 4.78 is 5.74. The fourth-order valence-electron chi connectivity index (χ4n) is 4.33. The lowest BCUT2D eigenvalue weighted by molar-refractivity contribution is -0.140. The molecule has 1 aromatic heterocycles. The molecule has 2 aliphatic rings. The summed E-state index contributed by atoms with van der Waals surface area (Å²) in [5.74, 6) is 0.922. The molecule has 0 spiro atoms. The van der Waals surface area contributed by atoms with Crippen LogP contribution in [0.4, 0.5) is 0 Å². The number of carbonyl (C=O) groups excluding carboxylic acids is 2. The average molecular weight is 355 g/mol. The number of benzene rings is 1. The number of nitrogens with zero attached hydrogens (tertiary/aromatic N) is 2. The van der Waals surface area contributed by atoms with Crippen molar-refractivity contribution in [1.82, 2.24) is 9.80 Å². The number of amides is 2. The van der Waals surface area contributed by atoms with Crippen LogP contribution in [0.5, 0.6) is 0 Å². The van der Waals surface area contributed by atoms with E-state index in [0.29, 0.717) is 37.7 Å². The maximum atomic E-state index is 12.9. The smallest absolute Gasteiger partial charge is 0.289 e. The molecule has 6 heteroatoms. The molecule has 2 atom stereocenters. The van der Waals surface area contributed by atoms with Crippen LogP contribution in [0.1, 0.15) is 36.2 Å². The Labute approximate surface area is 152 Å². The van der Waals surface area contributed by atoms with Crippen molar-refractivity contribution in [3.05, 3.63) is 36.1 Å². The van der Waals surface area contributed by atoms with Crippen molar-refractivity contribution in [3.8, 4) is 0 Å². The molecule has 2 aromatic rings. The highest BCUT2D eigenvalue weighted by Crippen LogP contribution is 2.32. The standard InChI is InChI=1S/C20H25N3O3/c21-9-3-10-23-16-8-11-22(13-15(16)6-7-19(23)24)20(25)18-12-14-4-1-2-5-17(14)26-18/h1-2,4-5,12,15-16H,3,6-11,13,21H2/t15-,16+/m0/s1. The van der Waals surface area contributed by atoms with Crippen LogP contribution >= 0.6 is 0 Å². The first-order valence-corrected chi connectivity index (χ1v) is 9.45. The molecule has 4 rings (SSSR count). The van der Waals surface area contributed by atoms with Gasteiger partial charge in [0.15, 0.2) is 5.76 Å². The normalized spacial score (nSPS) is 23.3. The van der Waals surface area contributed by atoms with Crippen LogP contribution < -0.4 is 5.73 Å². The second kappa shape index (κ2) is 7.11. The molecule has 3 heterocycles. The number of fused-ring (bicyclic) bond motifs is 2. The van der Waals surface area contributed by atoms with Gasteiger partial charge in [-0.05, 0) is 43.9 Å². The van der Waals surface area contributed by atoms with Crippen LogP contribution in [0.15, 0.2) is 34.7 Å². The molecular weight excluding hydrogens is 330 g/mol. The van der Waals surface area contributed by atoms with E-state index in [1.807, 2.05) is 40.1 Å². The van der Waals surface area contributed by atoms with Gasteiger partial charge in [0.05, 0.1) is 0 Å². The Morgan fingerprint density at radius 3 is 2.92 bits per heavy atom. The molecule has 6 nitrogen and oxygen atoms in total. The zero-order valence-electron chi connectivity index (χ0n) is 14.9. The first-order valence-electron chi connectivity index (χ1n) is 9.45. The zero-order valence-corrected chi connectivity index (χ0v) is 14.9. The molecule has 0 saturated carbocycles. The summed E-state index contributed by atoms with van der Waals surface area (Å²) >= 11 is 0. The Hall–Kier alpha value is -2.34. The van der Waals surface area contributed by atoms with Crippen molar-refractivity contribution >= 4 is 22.8 Å². The topological polar surface area (TPSA) is 79.8 Å². The van der Waals surface area contributed by atoms with Gasteiger partial charge in [-0.2, -0.15) is 0 Å². The van der Waals surface area contributed by atoms with Crippen molar-refractivity contribution in [2.45, 2.75) is 31.7 Å². The summed E-state index contributed by atoms with van der Waals surface area (Å²) in [6.45, 7) is 2.67. The highest BCUT2D eigenvalue weighted by atomic mass is 16.3. The molecule has 0 radical (unpaired) electrons. The Bertz CT molecular complexity index is 782. The number of hydrogen-bond donors (Lipinski definition) is 1. The average Bonchev–Trinajstić information content (AvgIpc) is 3.10. The van der Waals surface area contributed by atoms with E-state index < -0.39 is 0 Å². The van der Waals surface area contributed by atoms with Crippen LogP contribution in [0, 0.1) is 5.92 Å². The van der Waals surface area contributed by atoms with E-state index >= 15 is 0 Å². The minimum Gasteiger partial charge on any atom is -0.451 e. The molecule has 0 bridgehead atoms. The summed E-state index contributed by atoms with van der Waals surface area (Å²) in [6, 6.07) is 9.72. The predicted molar refractivity (Wildman–Crippen MR) is 98.6 cm³/mol. The molecule has 0 unspecified atom stereocenters. The molecule has 2 fully saturated rings. The van der Waals surface area contributed by atoms with Gasteiger partial charge in [0, 0.05) is 37.5 Å². The molecule has 26 heavy (non-hydrogen) atoms. The maximum absolute atomic E-state index is 12.9. The molecule has 0 aliphatic carbocycles. The SMILES string of the molecule is NCCCN1C(=O)CC[C@H]2CN(C(=O)c3cc4ccccc4o3)CC[C@H]21. The van der Waals surface area contributed by atoms with E-state index in [-0.39, 0.29) is 17.9 Å². The van der Waals surface area contributed by atoms with Gasteiger partial charge in [-0.3, -0.25) is 9.59 Å². The Balaban J connectivity index is 1.47. The van der Waals surface area contributed by atoms with Crippen LogP contribution in [-0.2, 0) is 4.79 Å². The summed E-state index contributed by atoms with van der Waals surface area (Å²) in [5.41, 5.74) is 6.35. The number of para-hydroxylation sites is 1. The quantitative estimate of drug-likeness (QED) is 0.912. The van der Waals surface area contributed by atoms with Gasteiger partial charge in [-0.1, -0.05) is 18.2 Å². The zero-order chi connectivity index (χ0) is 18.1. The van der Waals surface area contributed by atoms with E-state index in [2.05, 4.69) is 0 Å². The largest absolute Gasteiger partial charge is 0.451 e. The van der Waals surface area contributed by atoms with Crippen LogP contribution in [0.2, 0.25) is 0 Å². The molecule has 2 saturated heterocycles. The lowest BCUT2D eigenvalue weighted by Gasteiger charge is -2.47. The Kier molecular flexibility index (Phi) is 4.68. The first-order chi connectivity index (χ1) is 12.7. The highest BCUT2D eigenvalue weighted by molar-refractivity contribution is 5.96. The van der Waals surface area contributed by atoms with E-state index in [9.17, 15) is 9.59 Å². The fraction of sp³-hybridized carbons (Fsp3) is 0.500. The van der Waals surface area contributed by atoms with Crippen LogP contribution in [0.25, 0.3) is 11.0 Å². The summed E-state index contributed by atoms with van der Waals surface area (Å²) in [4.78, 5) is 29.1. The van der Waals surface area contributed by atoms with Crippen LogP contribution in [0.3, 0.4) is 0 Å². The molecule has 2 aliphatic heterocycles. The Morgan fingerprint density at radius 2 is 2.12 bits per heavy atom. The van der Waals surface area contributed by atoms with Crippen molar-refractivity contribution in [1.29, 1.82) is 0 Å². The van der Waals surface area contributed by atoms with Crippen LogP contribution in [-0.4, -0.2) is 53.8 Å². The fourth-order valence-corrected chi connectivity index (χ4v) is 4.33. The van der Waals surface area contributed by atoms with Gasteiger partial charge in [-0.25, -0.2) is 0 Å². The second-order valence-electron chi connectivity index (χ2n) is 7.28. The summed E-state index contributed by atoms with van der Waals surface area (Å²) in [5, 5.41) is 0.946. The van der Waals surface area contributed by atoms with Crippen molar-refractivity contribution in [2.24, 2.45) is 11.7 Å². The van der Waals surface area contributed by atoms with Gasteiger partial charge in [-0.15, -0.1) is 0 Å². The molecular formula is C20H25N3O3. The van der Waals surface area contributed by atoms with Gasteiger partial charge >= 0.3 is 0 Å². The molecule has 138 valence electrons. The van der Waals surface area contributed by atoms with Crippen molar-refractivity contribution in [3.63, 3.8) is 0 Å². The number of furan rings is 1. The lowest BCUT2D eigenvalue weighted by atomic mass is 9.83. The lowest BCUT2D eigenvalue weighted by Crippen LogP contribution is -2.57. The van der Waals surface area contributed by atoms with Gasteiger partial charge in [0.25, 0.3) is 5.91 Å². The van der Waals surface area contributed by atoms with Crippen molar-refractivity contribution < 1.29 is 14.0 Å². The molecule has 2 N–H and O–H groups in total. The van der Waals surface area contributed by atoms with Gasteiger partial charge in [0.2, 0.25) is 5.91 Å². The van der Waals surface area contributed by atoms with E-state index in [4.69, 9.17) is 10.2 Å². The number of likely N-dealkylation sites (tertiary alicyclic amines) is 2. The third kappa shape index (κ3) is 3.09. The van der Waals surface area contributed by atoms with E-state index in [1.165, 1.54) is 0 Å². The minimum absolute atomic E-state index is 0.0509. The number of rotatable bonds is 4. The second-order valence-corrected chi connectivity index (χ2v) is 7.28. The summed E-state index contributed by atoms with van der Waals surface area (Å²) in [6.07, 6.45) is 3.08. The first kappa shape index (κ1) is 17.1. The predicted octanol–water partition coefficient (Wildman–Crippen LogP) is 2.23. The number of carbonyl (C=O) groups is 2. The minimum atomic E-state index is -0.0509. The number of hydrogen-bond acceptors (Lipinski definition) is 4. The van der Waals surface area contributed by atoms with Gasteiger partial charge in [0.1, 0.15) is 5.58 Å². The molecule has 2 amide bonds. The van der Waals surface area contributed by atoms with E-state index in [1.54, 1.807) is 0 Å². The molecule has 1 aromatic carbocycles. The highest BCUT2D eigenvalue weighted by Gasteiger charge is 2.40. The van der Waals surface area contributed by atoms with E-state index in [0.717, 1.165) is 36.8 Å². The summed E-state index contributed by atoms with van der Waals surface area (Å²) in [7, 11) is 0. The maximum Gasteiger partial charge on any atom is 0.289 e. The number of nitrogens with two attached hydrogens (primary N) is 1. The third-order valence-electron chi connectivity index (χ3n) is 5.67.